The first kappa shape index (κ1) is 13.1. The summed E-state index contributed by atoms with van der Waals surface area (Å²) in [4.78, 5) is 10.8. The molecule has 0 spiro atoms. The molecule has 1 atom stereocenters. The number of aliphatic hydroxyl groups excluding tert-OH is 1. The Balaban J connectivity index is 2.21. The molecule has 2 heterocycles. The van der Waals surface area contributed by atoms with Gasteiger partial charge in [-0.15, -0.1) is 0 Å². The van der Waals surface area contributed by atoms with E-state index >= 15 is 0 Å². The number of hydrogen-bond acceptors (Lipinski definition) is 5. The van der Waals surface area contributed by atoms with Crippen LogP contribution < -0.4 is 10.6 Å². The van der Waals surface area contributed by atoms with Crippen LogP contribution in [0, 0.1) is 0 Å². The molecule has 5 nitrogen and oxygen atoms in total. The van der Waals surface area contributed by atoms with Gasteiger partial charge in [-0.1, -0.05) is 6.92 Å². The fourth-order valence-corrected chi connectivity index (χ4v) is 2.74. The standard InChI is InChI=1S/C13H22N4O/c1-2-11-12(14)15-9-16-13(11)17-7-3-5-10(17)6-4-8-18/h9-10,18H,2-8H2,1H3,(H2,14,15,16). The van der Waals surface area contributed by atoms with Crippen LogP contribution in [-0.2, 0) is 6.42 Å². The summed E-state index contributed by atoms with van der Waals surface area (Å²) in [6.07, 6.45) is 6.62. The van der Waals surface area contributed by atoms with E-state index in [1.807, 2.05) is 0 Å². The summed E-state index contributed by atoms with van der Waals surface area (Å²) in [5, 5.41) is 8.96. The summed E-state index contributed by atoms with van der Waals surface area (Å²) in [7, 11) is 0. The van der Waals surface area contributed by atoms with Crippen molar-refractivity contribution < 1.29 is 5.11 Å². The third-order valence-corrected chi connectivity index (χ3v) is 3.65. The van der Waals surface area contributed by atoms with Gasteiger partial charge in [0.05, 0.1) is 0 Å². The van der Waals surface area contributed by atoms with E-state index in [4.69, 9.17) is 10.8 Å². The fourth-order valence-electron chi connectivity index (χ4n) is 2.74. The second kappa shape index (κ2) is 6.00. The predicted molar refractivity (Wildman–Crippen MR) is 72.5 cm³/mol. The molecule has 0 aliphatic carbocycles. The van der Waals surface area contributed by atoms with Crippen molar-refractivity contribution in [3.8, 4) is 0 Å². The fraction of sp³-hybridized carbons (Fsp3) is 0.692. The lowest BCUT2D eigenvalue weighted by Gasteiger charge is -2.27. The van der Waals surface area contributed by atoms with E-state index < -0.39 is 0 Å². The molecule has 0 radical (unpaired) electrons. The minimum atomic E-state index is 0.261. The zero-order valence-electron chi connectivity index (χ0n) is 11.0. The second-order valence-electron chi connectivity index (χ2n) is 4.77. The van der Waals surface area contributed by atoms with Crippen LogP contribution in [0.25, 0.3) is 0 Å². The van der Waals surface area contributed by atoms with Gasteiger partial charge in [0.15, 0.2) is 0 Å². The molecule has 0 saturated carbocycles. The third-order valence-electron chi connectivity index (χ3n) is 3.65. The molecule has 18 heavy (non-hydrogen) atoms. The molecule has 1 aliphatic heterocycles. The van der Waals surface area contributed by atoms with Gasteiger partial charge in [-0.3, -0.25) is 0 Å². The Kier molecular flexibility index (Phi) is 4.36. The molecule has 1 saturated heterocycles. The Morgan fingerprint density at radius 2 is 2.33 bits per heavy atom. The minimum Gasteiger partial charge on any atom is -0.396 e. The molecule has 3 N–H and O–H groups in total. The first-order chi connectivity index (χ1) is 8.77. The van der Waals surface area contributed by atoms with Crippen LogP contribution in [0.1, 0.15) is 38.2 Å². The largest absolute Gasteiger partial charge is 0.396 e. The molecular formula is C13H22N4O. The number of hydrogen-bond donors (Lipinski definition) is 2. The van der Waals surface area contributed by atoms with Gasteiger partial charge in [0, 0.05) is 24.8 Å². The van der Waals surface area contributed by atoms with Crippen molar-refractivity contribution in [2.75, 3.05) is 23.8 Å². The number of rotatable bonds is 5. The van der Waals surface area contributed by atoms with Crippen LogP contribution in [0.15, 0.2) is 6.33 Å². The van der Waals surface area contributed by atoms with Gasteiger partial charge in [0.1, 0.15) is 18.0 Å². The van der Waals surface area contributed by atoms with Gasteiger partial charge in [0.2, 0.25) is 0 Å². The van der Waals surface area contributed by atoms with Crippen LogP contribution in [0.4, 0.5) is 11.6 Å². The molecule has 1 fully saturated rings. The first-order valence-corrected chi connectivity index (χ1v) is 6.74. The zero-order chi connectivity index (χ0) is 13.0. The predicted octanol–water partition coefficient (Wildman–Crippen LogP) is 1.36. The highest BCUT2D eigenvalue weighted by atomic mass is 16.2. The SMILES string of the molecule is CCc1c(N)ncnc1N1CCCC1CCCO. The molecule has 5 heteroatoms. The number of anilines is 2. The Labute approximate surface area is 108 Å². The van der Waals surface area contributed by atoms with Crippen LogP contribution >= 0.6 is 0 Å². The van der Waals surface area contributed by atoms with E-state index in [2.05, 4.69) is 21.8 Å². The van der Waals surface area contributed by atoms with Crippen LogP contribution in [0.5, 0.6) is 0 Å². The lowest BCUT2D eigenvalue weighted by Crippen LogP contribution is -2.31. The Morgan fingerprint density at radius 3 is 3.06 bits per heavy atom. The molecule has 0 aromatic carbocycles. The quantitative estimate of drug-likeness (QED) is 0.825. The summed E-state index contributed by atoms with van der Waals surface area (Å²) >= 11 is 0. The van der Waals surface area contributed by atoms with Crippen molar-refractivity contribution in [3.05, 3.63) is 11.9 Å². The van der Waals surface area contributed by atoms with Gasteiger partial charge in [0.25, 0.3) is 0 Å². The Hall–Kier alpha value is -1.36. The summed E-state index contributed by atoms with van der Waals surface area (Å²) in [6, 6.07) is 0.483. The highest BCUT2D eigenvalue weighted by Gasteiger charge is 2.27. The average Bonchev–Trinajstić information content (AvgIpc) is 2.84. The summed E-state index contributed by atoms with van der Waals surface area (Å²) in [5.74, 6) is 1.58. The normalized spacial score (nSPS) is 19.4. The van der Waals surface area contributed by atoms with E-state index in [1.165, 1.54) is 12.8 Å². The molecule has 100 valence electrons. The first-order valence-electron chi connectivity index (χ1n) is 6.74. The molecule has 1 unspecified atom stereocenters. The van der Waals surface area contributed by atoms with Crippen molar-refractivity contribution >= 4 is 11.6 Å². The minimum absolute atomic E-state index is 0.261. The lowest BCUT2D eigenvalue weighted by atomic mass is 10.1. The van der Waals surface area contributed by atoms with Crippen LogP contribution in [0.3, 0.4) is 0 Å². The van der Waals surface area contributed by atoms with Gasteiger partial charge in [-0.25, -0.2) is 9.97 Å². The molecule has 2 rings (SSSR count). The number of aliphatic hydroxyl groups is 1. The topological polar surface area (TPSA) is 75.3 Å². The summed E-state index contributed by atoms with van der Waals surface area (Å²) in [6.45, 7) is 3.37. The van der Waals surface area contributed by atoms with Crippen LogP contribution in [-0.4, -0.2) is 34.3 Å². The maximum Gasteiger partial charge on any atom is 0.137 e. The highest BCUT2D eigenvalue weighted by molar-refractivity contribution is 5.57. The van der Waals surface area contributed by atoms with E-state index in [-0.39, 0.29) is 6.61 Å². The molecule has 0 amide bonds. The van der Waals surface area contributed by atoms with E-state index in [0.717, 1.165) is 37.2 Å². The summed E-state index contributed by atoms with van der Waals surface area (Å²) < 4.78 is 0. The third kappa shape index (κ3) is 2.56. The van der Waals surface area contributed by atoms with Gasteiger partial charge in [-0.2, -0.15) is 0 Å². The maximum absolute atomic E-state index is 8.96. The molecule has 0 bridgehead atoms. The highest BCUT2D eigenvalue weighted by Crippen LogP contribution is 2.30. The Bertz CT molecular complexity index is 397. The maximum atomic E-state index is 8.96. The smallest absolute Gasteiger partial charge is 0.137 e. The van der Waals surface area contributed by atoms with E-state index in [0.29, 0.717) is 11.9 Å². The number of nitrogen functional groups attached to an aromatic ring is 1. The second-order valence-corrected chi connectivity index (χ2v) is 4.77. The van der Waals surface area contributed by atoms with Crippen LogP contribution in [0.2, 0.25) is 0 Å². The van der Waals surface area contributed by atoms with E-state index in [9.17, 15) is 0 Å². The van der Waals surface area contributed by atoms with Gasteiger partial charge in [-0.05, 0) is 32.1 Å². The van der Waals surface area contributed by atoms with Gasteiger partial charge < -0.3 is 15.7 Å². The van der Waals surface area contributed by atoms with Gasteiger partial charge >= 0.3 is 0 Å². The van der Waals surface area contributed by atoms with Crippen molar-refractivity contribution in [2.24, 2.45) is 0 Å². The van der Waals surface area contributed by atoms with Crippen molar-refractivity contribution in [1.29, 1.82) is 0 Å². The number of aromatic nitrogens is 2. The molecule has 1 aliphatic rings. The summed E-state index contributed by atoms with van der Waals surface area (Å²) in [5.41, 5.74) is 6.98. The molecule has 1 aromatic heterocycles. The van der Waals surface area contributed by atoms with E-state index in [1.54, 1.807) is 6.33 Å². The Morgan fingerprint density at radius 1 is 1.50 bits per heavy atom. The lowest BCUT2D eigenvalue weighted by molar-refractivity contribution is 0.279. The monoisotopic (exact) mass is 250 g/mol. The average molecular weight is 250 g/mol. The number of nitrogens with two attached hydrogens (primary N) is 1. The number of nitrogens with zero attached hydrogens (tertiary/aromatic N) is 3. The van der Waals surface area contributed by atoms with Crippen molar-refractivity contribution in [3.63, 3.8) is 0 Å². The molecule has 1 aromatic rings. The molecular weight excluding hydrogens is 228 g/mol. The van der Waals surface area contributed by atoms with Crippen molar-refractivity contribution in [2.45, 2.75) is 45.1 Å². The van der Waals surface area contributed by atoms with Crippen molar-refractivity contribution in [1.82, 2.24) is 9.97 Å². The zero-order valence-corrected chi connectivity index (χ0v) is 11.0.